The van der Waals surface area contributed by atoms with Crippen molar-refractivity contribution in [3.63, 3.8) is 0 Å². The Balaban J connectivity index is 0.000000461. The first-order chi connectivity index (χ1) is 6.78. The quantitative estimate of drug-likeness (QED) is 0.699. The number of aliphatic hydroxyl groups excluding tert-OH is 1. The normalized spacial score (nSPS) is 30.4. The average molecular weight is 201 g/mol. The van der Waals surface area contributed by atoms with Gasteiger partial charge in [-0.25, -0.2) is 0 Å². The lowest BCUT2D eigenvalue weighted by Crippen LogP contribution is -2.66. The summed E-state index contributed by atoms with van der Waals surface area (Å²) >= 11 is 0. The number of hydrogen-bond donors (Lipinski definition) is 1. The van der Waals surface area contributed by atoms with Crippen LogP contribution in [0.15, 0.2) is 0 Å². The fourth-order valence-corrected chi connectivity index (χ4v) is 2.42. The number of piperidine rings is 1. The van der Waals surface area contributed by atoms with Gasteiger partial charge in [-0.3, -0.25) is 4.90 Å². The van der Waals surface area contributed by atoms with Crippen LogP contribution in [-0.2, 0) is 4.74 Å². The maximum atomic E-state index is 9.74. The molecule has 3 nitrogen and oxygen atoms in total. The van der Waals surface area contributed by atoms with Crippen LogP contribution in [0.3, 0.4) is 0 Å². The van der Waals surface area contributed by atoms with Gasteiger partial charge in [-0.1, -0.05) is 20.8 Å². The topological polar surface area (TPSA) is 32.7 Å². The zero-order valence-corrected chi connectivity index (χ0v) is 9.62. The molecule has 0 aromatic carbocycles. The number of hydrogen-bond acceptors (Lipinski definition) is 3. The molecule has 2 aliphatic heterocycles. The van der Waals surface area contributed by atoms with E-state index in [-0.39, 0.29) is 11.8 Å². The first kappa shape index (κ1) is 12.0. The maximum absolute atomic E-state index is 9.74. The number of aliphatic hydroxyl groups is 1. The van der Waals surface area contributed by atoms with Gasteiger partial charge in [-0.15, -0.1) is 0 Å². The summed E-state index contributed by atoms with van der Waals surface area (Å²) in [5, 5.41) is 9.74. The molecule has 1 spiro atoms. The second kappa shape index (κ2) is 5.10. The van der Waals surface area contributed by atoms with E-state index in [1.165, 1.54) is 6.42 Å². The smallest absolute Gasteiger partial charge is 0.107 e. The molecule has 1 N–H and O–H groups in total. The van der Waals surface area contributed by atoms with Gasteiger partial charge in [-0.05, 0) is 25.8 Å². The van der Waals surface area contributed by atoms with Gasteiger partial charge in [0.1, 0.15) is 6.23 Å². The molecule has 3 heteroatoms. The summed E-state index contributed by atoms with van der Waals surface area (Å²) in [7, 11) is 0. The molecule has 0 radical (unpaired) electrons. The Labute approximate surface area is 87.1 Å². The predicted molar refractivity (Wildman–Crippen MR) is 57.1 cm³/mol. The third-order valence-electron chi connectivity index (χ3n) is 3.16. The molecule has 1 unspecified atom stereocenters. The molecule has 84 valence electrons. The Morgan fingerprint density at radius 1 is 1.43 bits per heavy atom. The lowest BCUT2D eigenvalue weighted by molar-refractivity contribution is -0.206. The zero-order valence-electron chi connectivity index (χ0n) is 9.62. The summed E-state index contributed by atoms with van der Waals surface area (Å²) in [5.74, 6) is 0. The molecule has 0 aliphatic carbocycles. The molecule has 0 saturated carbocycles. The lowest BCUT2D eigenvalue weighted by atomic mass is 9.84. The molecule has 0 aromatic rings. The molecular weight excluding hydrogens is 178 g/mol. The monoisotopic (exact) mass is 201 g/mol. The van der Waals surface area contributed by atoms with E-state index in [2.05, 4.69) is 11.8 Å². The van der Waals surface area contributed by atoms with Gasteiger partial charge < -0.3 is 9.84 Å². The second-order valence-corrected chi connectivity index (χ2v) is 3.88. The summed E-state index contributed by atoms with van der Waals surface area (Å²) in [4.78, 5) is 2.19. The Hall–Kier alpha value is -0.120. The van der Waals surface area contributed by atoms with Crippen LogP contribution in [0.25, 0.3) is 0 Å². The minimum Gasteiger partial charge on any atom is -0.378 e. The van der Waals surface area contributed by atoms with Crippen molar-refractivity contribution in [3.05, 3.63) is 0 Å². The van der Waals surface area contributed by atoms with Gasteiger partial charge in [0.05, 0.1) is 18.8 Å². The Bertz CT molecular complexity index is 169. The van der Waals surface area contributed by atoms with Crippen LogP contribution in [0, 0.1) is 0 Å². The number of likely N-dealkylation sites (tertiary alicyclic amines) is 1. The van der Waals surface area contributed by atoms with Crippen LogP contribution in [0.1, 0.15) is 40.0 Å². The zero-order chi connectivity index (χ0) is 10.6. The van der Waals surface area contributed by atoms with Gasteiger partial charge in [0.2, 0.25) is 0 Å². The molecule has 0 amide bonds. The summed E-state index contributed by atoms with van der Waals surface area (Å²) < 4.78 is 5.24. The predicted octanol–water partition coefficient (Wildman–Crippen LogP) is 1.61. The van der Waals surface area contributed by atoms with Crippen molar-refractivity contribution < 1.29 is 9.84 Å². The Kier molecular flexibility index (Phi) is 4.35. The van der Waals surface area contributed by atoms with E-state index in [1.54, 1.807) is 0 Å². The van der Waals surface area contributed by atoms with Crippen LogP contribution in [-0.4, -0.2) is 41.5 Å². The van der Waals surface area contributed by atoms with Gasteiger partial charge in [-0.2, -0.15) is 0 Å². The van der Waals surface area contributed by atoms with Gasteiger partial charge in [0.15, 0.2) is 0 Å². The Morgan fingerprint density at radius 3 is 2.43 bits per heavy atom. The van der Waals surface area contributed by atoms with Gasteiger partial charge in [0.25, 0.3) is 0 Å². The first-order valence-corrected chi connectivity index (χ1v) is 5.81. The average Bonchev–Trinajstić information content (AvgIpc) is 2.18. The summed E-state index contributed by atoms with van der Waals surface area (Å²) in [6, 6.07) is 0. The molecule has 2 rings (SSSR count). The minimum atomic E-state index is -0.229. The van der Waals surface area contributed by atoms with Crippen LogP contribution >= 0.6 is 0 Å². The minimum absolute atomic E-state index is 0.201. The van der Waals surface area contributed by atoms with Crippen molar-refractivity contribution in [2.24, 2.45) is 0 Å². The summed E-state index contributed by atoms with van der Waals surface area (Å²) in [5.41, 5.74) is 0.201. The standard InChI is InChI=1S/C9H17NO2.C2H6/c1-2-10-8(11)4-3-5-9(10)6-12-7-9;1-2/h8,11H,2-7H2,1H3;1-2H3. The molecule has 2 aliphatic rings. The third-order valence-corrected chi connectivity index (χ3v) is 3.16. The van der Waals surface area contributed by atoms with E-state index in [0.717, 1.165) is 32.6 Å². The molecule has 2 fully saturated rings. The van der Waals surface area contributed by atoms with Crippen molar-refractivity contribution in [2.45, 2.75) is 51.8 Å². The fraction of sp³-hybridized carbons (Fsp3) is 1.00. The van der Waals surface area contributed by atoms with Crippen molar-refractivity contribution >= 4 is 0 Å². The van der Waals surface area contributed by atoms with Crippen molar-refractivity contribution in [3.8, 4) is 0 Å². The van der Waals surface area contributed by atoms with Crippen molar-refractivity contribution in [1.29, 1.82) is 0 Å². The number of ether oxygens (including phenoxy) is 1. The molecule has 2 saturated heterocycles. The summed E-state index contributed by atoms with van der Waals surface area (Å²) in [6.07, 6.45) is 3.03. The van der Waals surface area contributed by atoms with Crippen LogP contribution < -0.4 is 0 Å². The SMILES string of the molecule is CC.CCN1C(O)CCCC12COC2. The van der Waals surface area contributed by atoms with E-state index < -0.39 is 0 Å². The number of likely N-dealkylation sites (N-methyl/N-ethyl adjacent to an activating group) is 1. The molecule has 2 heterocycles. The Morgan fingerprint density at radius 2 is 2.07 bits per heavy atom. The highest BCUT2D eigenvalue weighted by molar-refractivity contribution is 4.99. The van der Waals surface area contributed by atoms with Gasteiger partial charge in [0, 0.05) is 0 Å². The van der Waals surface area contributed by atoms with Crippen molar-refractivity contribution in [1.82, 2.24) is 4.90 Å². The van der Waals surface area contributed by atoms with Crippen molar-refractivity contribution in [2.75, 3.05) is 19.8 Å². The lowest BCUT2D eigenvalue weighted by Gasteiger charge is -2.54. The van der Waals surface area contributed by atoms with E-state index in [1.807, 2.05) is 13.8 Å². The van der Waals surface area contributed by atoms with Crippen LogP contribution in [0.5, 0.6) is 0 Å². The largest absolute Gasteiger partial charge is 0.378 e. The second-order valence-electron chi connectivity index (χ2n) is 3.88. The highest BCUT2D eigenvalue weighted by atomic mass is 16.5. The van der Waals surface area contributed by atoms with Gasteiger partial charge >= 0.3 is 0 Å². The fourth-order valence-electron chi connectivity index (χ4n) is 2.42. The molecular formula is C11H23NO2. The van der Waals surface area contributed by atoms with E-state index in [0.29, 0.717) is 0 Å². The van der Waals surface area contributed by atoms with E-state index in [9.17, 15) is 5.11 Å². The molecule has 14 heavy (non-hydrogen) atoms. The third kappa shape index (κ3) is 1.95. The van der Waals surface area contributed by atoms with Crippen LogP contribution in [0.2, 0.25) is 0 Å². The van der Waals surface area contributed by atoms with E-state index in [4.69, 9.17) is 4.74 Å². The van der Waals surface area contributed by atoms with Crippen LogP contribution in [0.4, 0.5) is 0 Å². The molecule has 1 atom stereocenters. The first-order valence-electron chi connectivity index (χ1n) is 5.81. The molecule has 0 bridgehead atoms. The summed E-state index contributed by atoms with van der Waals surface area (Å²) in [6.45, 7) is 8.68. The number of nitrogens with zero attached hydrogens (tertiary/aromatic N) is 1. The molecule has 0 aromatic heterocycles. The maximum Gasteiger partial charge on any atom is 0.107 e. The van der Waals surface area contributed by atoms with E-state index >= 15 is 0 Å². The highest BCUT2D eigenvalue weighted by Crippen LogP contribution is 2.36. The number of rotatable bonds is 1. The highest BCUT2D eigenvalue weighted by Gasteiger charge is 2.47.